The smallest absolute Gasteiger partial charge is 0.272 e. The van der Waals surface area contributed by atoms with Crippen LogP contribution in [0.25, 0.3) is 0 Å². The van der Waals surface area contributed by atoms with E-state index in [9.17, 15) is 4.79 Å². The van der Waals surface area contributed by atoms with E-state index in [4.69, 9.17) is 0 Å². The zero-order chi connectivity index (χ0) is 14.8. The van der Waals surface area contributed by atoms with Gasteiger partial charge in [-0.1, -0.05) is 6.07 Å². The molecule has 21 heavy (non-hydrogen) atoms. The van der Waals surface area contributed by atoms with Gasteiger partial charge >= 0.3 is 0 Å². The van der Waals surface area contributed by atoms with Crippen LogP contribution in [-0.4, -0.2) is 33.4 Å². The summed E-state index contributed by atoms with van der Waals surface area (Å²) >= 11 is 0. The van der Waals surface area contributed by atoms with Gasteiger partial charge in [-0.05, 0) is 51.0 Å². The summed E-state index contributed by atoms with van der Waals surface area (Å²) in [6, 6.07) is 10.3. The number of carbonyl (C=O) groups is 1. The highest BCUT2D eigenvalue weighted by Gasteiger charge is 2.25. The Bertz CT molecular complexity index is 605. The first-order valence-electron chi connectivity index (χ1n) is 7.51. The molecule has 0 spiro atoms. The largest absolute Gasteiger partial charge is 0.346 e. The summed E-state index contributed by atoms with van der Waals surface area (Å²) in [4.78, 5) is 18.5. The van der Waals surface area contributed by atoms with Crippen LogP contribution in [0.15, 0.2) is 36.5 Å². The topological polar surface area (TPSA) is 38.1 Å². The molecule has 0 radical (unpaired) electrons. The van der Waals surface area contributed by atoms with E-state index in [0.29, 0.717) is 11.7 Å². The number of aryl methyl sites for hydroxylation is 2. The number of carbonyl (C=O) groups excluding carboxylic acids is 1. The zero-order valence-electron chi connectivity index (χ0n) is 12.6. The normalized spacial score (nSPS) is 16.2. The second kappa shape index (κ2) is 5.72. The van der Waals surface area contributed by atoms with Crippen molar-refractivity contribution in [1.82, 2.24) is 14.5 Å². The Hall–Kier alpha value is -2.10. The summed E-state index contributed by atoms with van der Waals surface area (Å²) in [6.45, 7) is 5.91. The van der Waals surface area contributed by atoms with E-state index in [-0.39, 0.29) is 5.91 Å². The fourth-order valence-electron chi connectivity index (χ4n) is 3.23. The summed E-state index contributed by atoms with van der Waals surface area (Å²) in [5.41, 5.74) is 3.16. The van der Waals surface area contributed by atoms with Gasteiger partial charge in [0.2, 0.25) is 0 Å². The quantitative estimate of drug-likeness (QED) is 0.850. The lowest BCUT2D eigenvalue weighted by atomic mass is 10.0. The number of piperidine rings is 1. The average molecular weight is 283 g/mol. The van der Waals surface area contributed by atoms with Crippen molar-refractivity contribution in [3.05, 3.63) is 53.6 Å². The SMILES string of the molecule is Cc1ccc(C)n1C1CCN(C(=O)c2ccccn2)CC1. The molecule has 1 aliphatic rings. The number of hydrogen-bond acceptors (Lipinski definition) is 2. The second-order valence-corrected chi connectivity index (χ2v) is 5.72. The van der Waals surface area contributed by atoms with Crippen LogP contribution in [0.5, 0.6) is 0 Å². The number of amides is 1. The Kier molecular flexibility index (Phi) is 3.78. The Labute approximate surface area is 125 Å². The standard InChI is InChI=1S/C17H21N3O/c1-13-6-7-14(2)20(13)15-8-11-19(12-9-15)17(21)16-5-3-4-10-18-16/h3-7,10,15H,8-9,11-12H2,1-2H3. The molecule has 0 saturated carbocycles. The maximum absolute atomic E-state index is 12.4. The van der Waals surface area contributed by atoms with Crippen molar-refractivity contribution in [2.24, 2.45) is 0 Å². The van der Waals surface area contributed by atoms with Crippen LogP contribution in [-0.2, 0) is 0 Å². The average Bonchev–Trinajstić information content (AvgIpc) is 2.87. The van der Waals surface area contributed by atoms with E-state index in [1.807, 2.05) is 17.0 Å². The summed E-state index contributed by atoms with van der Waals surface area (Å²) < 4.78 is 2.41. The van der Waals surface area contributed by atoms with E-state index < -0.39 is 0 Å². The zero-order valence-corrected chi connectivity index (χ0v) is 12.6. The fraction of sp³-hybridized carbons (Fsp3) is 0.412. The molecule has 2 aromatic heterocycles. The molecule has 2 aromatic rings. The molecular weight excluding hydrogens is 262 g/mol. The summed E-state index contributed by atoms with van der Waals surface area (Å²) in [7, 11) is 0. The molecule has 0 atom stereocenters. The summed E-state index contributed by atoms with van der Waals surface area (Å²) in [6.07, 6.45) is 3.69. The summed E-state index contributed by atoms with van der Waals surface area (Å²) in [5.74, 6) is 0.0509. The summed E-state index contributed by atoms with van der Waals surface area (Å²) in [5, 5.41) is 0. The molecule has 0 N–H and O–H groups in total. The third-order valence-electron chi connectivity index (χ3n) is 4.33. The molecule has 0 bridgehead atoms. The van der Waals surface area contributed by atoms with Crippen LogP contribution in [0.1, 0.15) is 40.8 Å². The maximum Gasteiger partial charge on any atom is 0.272 e. The Morgan fingerprint density at radius 1 is 1.10 bits per heavy atom. The monoisotopic (exact) mass is 283 g/mol. The van der Waals surface area contributed by atoms with Gasteiger partial charge < -0.3 is 9.47 Å². The number of pyridine rings is 1. The Balaban J connectivity index is 1.67. The van der Waals surface area contributed by atoms with Crippen molar-refractivity contribution < 1.29 is 4.79 Å². The van der Waals surface area contributed by atoms with E-state index in [0.717, 1.165) is 25.9 Å². The molecule has 0 unspecified atom stereocenters. The van der Waals surface area contributed by atoms with Gasteiger partial charge in [-0.15, -0.1) is 0 Å². The van der Waals surface area contributed by atoms with Crippen LogP contribution >= 0.6 is 0 Å². The fourth-order valence-corrected chi connectivity index (χ4v) is 3.23. The van der Waals surface area contributed by atoms with Crippen LogP contribution in [0.2, 0.25) is 0 Å². The van der Waals surface area contributed by atoms with E-state index in [2.05, 4.69) is 35.5 Å². The molecule has 4 nitrogen and oxygen atoms in total. The second-order valence-electron chi connectivity index (χ2n) is 5.72. The number of nitrogens with zero attached hydrogens (tertiary/aromatic N) is 3. The first-order valence-corrected chi connectivity index (χ1v) is 7.51. The van der Waals surface area contributed by atoms with Crippen molar-refractivity contribution >= 4 is 5.91 Å². The lowest BCUT2D eigenvalue weighted by Crippen LogP contribution is -2.39. The van der Waals surface area contributed by atoms with Gasteiger partial charge in [0.1, 0.15) is 5.69 Å². The Morgan fingerprint density at radius 3 is 2.33 bits per heavy atom. The minimum atomic E-state index is 0.0509. The highest BCUT2D eigenvalue weighted by Crippen LogP contribution is 2.26. The van der Waals surface area contributed by atoms with Gasteiger partial charge in [-0.3, -0.25) is 9.78 Å². The molecule has 1 fully saturated rings. The first-order chi connectivity index (χ1) is 10.2. The molecule has 110 valence electrons. The van der Waals surface area contributed by atoms with Crippen molar-refractivity contribution in [3.63, 3.8) is 0 Å². The van der Waals surface area contributed by atoms with Gasteiger partial charge in [0.05, 0.1) is 0 Å². The lowest BCUT2D eigenvalue weighted by Gasteiger charge is -2.34. The first kappa shape index (κ1) is 13.9. The van der Waals surface area contributed by atoms with Crippen molar-refractivity contribution in [3.8, 4) is 0 Å². The van der Waals surface area contributed by atoms with E-state index >= 15 is 0 Å². The van der Waals surface area contributed by atoms with Gasteiger partial charge in [-0.2, -0.15) is 0 Å². The van der Waals surface area contributed by atoms with E-state index in [1.165, 1.54) is 11.4 Å². The lowest BCUT2D eigenvalue weighted by molar-refractivity contribution is 0.0687. The van der Waals surface area contributed by atoms with Crippen molar-refractivity contribution in [1.29, 1.82) is 0 Å². The molecule has 0 aliphatic carbocycles. The van der Waals surface area contributed by atoms with Crippen LogP contribution in [0, 0.1) is 13.8 Å². The number of rotatable bonds is 2. The predicted molar refractivity (Wildman–Crippen MR) is 82.3 cm³/mol. The molecule has 4 heteroatoms. The van der Waals surface area contributed by atoms with Crippen LogP contribution < -0.4 is 0 Å². The third-order valence-corrected chi connectivity index (χ3v) is 4.33. The van der Waals surface area contributed by atoms with Gasteiger partial charge in [-0.25, -0.2) is 0 Å². The molecule has 0 aromatic carbocycles. The van der Waals surface area contributed by atoms with E-state index in [1.54, 1.807) is 12.3 Å². The third kappa shape index (κ3) is 2.71. The van der Waals surface area contributed by atoms with Gasteiger partial charge in [0.25, 0.3) is 5.91 Å². The minimum Gasteiger partial charge on any atom is -0.346 e. The van der Waals surface area contributed by atoms with Crippen LogP contribution in [0.3, 0.4) is 0 Å². The molecule has 1 amide bonds. The molecular formula is C17H21N3O. The molecule has 1 saturated heterocycles. The predicted octanol–water partition coefficient (Wildman–Crippen LogP) is 2.98. The number of hydrogen-bond donors (Lipinski definition) is 0. The van der Waals surface area contributed by atoms with Crippen molar-refractivity contribution in [2.45, 2.75) is 32.7 Å². The Morgan fingerprint density at radius 2 is 1.76 bits per heavy atom. The highest BCUT2D eigenvalue weighted by molar-refractivity contribution is 5.92. The minimum absolute atomic E-state index is 0.0509. The number of aromatic nitrogens is 2. The number of likely N-dealkylation sites (tertiary alicyclic amines) is 1. The molecule has 3 rings (SSSR count). The maximum atomic E-state index is 12.4. The highest BCUT2D eigenvalue weighted by atomic mass is 16.2. The molecule has 1 aliphatic heterocycles. The molecule has 3 heterocycles. The van der Waals surface area contributed by atoms with Crippen molar-refractivity contribution in [2.75, 3.05) is 13.1 Å². The van der Waals surface area contributed by atoms with Gasteiger partial charge in [0, 0.05) is 36.7 Å². The van der Waals surface area contributed by atoms with Gasteiger partial charge in [0.15, 0.2) is 0 Å². The van der Waals surface area contributed by atoms with Crippen LogP contribution in [0.4, 0.5) is 0 Å².